The van der Waals surface area contributed by atoms with Gasteiger partial charge in [-0.2, -0.15) is 0 Å². The molecule has 4 aliphatic rings. The van der Waals surface area contributed by atoms with Crippen LogP contribution < -0.4 is 23.7 Å². The van der Waals surface area contributed by atoms with E-state index >= 15 is 0 Å². The molecule has 0 bridgehead atoms. The topological polar surface area (TPSA) is 408 Å². The number of benzene rings is 9. The van der Waals surface area contributed by atoms with E-state index in [9.17, 15) is 58.8 Å². The molecular weight excluding hydrogens is 1840 g/mol. The van der Waals surface area contributed by atoms with Gasteiger partial charge in [0.1, 0.15) is 51.8 Å². The van der Waals surface area contributed by atoms with Crippen LogP contribution >= 0.6 is 0 Å². The molecular formula is C112H116N8O24. The van der Waals surface area contributed by atoms with Crippen molar-refractivity contribution in [3.63, 3.8) is 0 Å². The summed E-state index contributed by atoms with van der Waals surface area (Å²) in [6, 6.07) is 78.1. The minimum atomic E-state index is -1.02. The lowest BCUT2D eigenvalue weighted by atomic mass is 9.90. The molecule has 0 radical (unpaired) electrons. The van der Waals surface area contributed by atoms with Crippen molar-refractivity contribution in [2.45, 2.75) is 99.8 Å². The summed E-state index contributed by atoms with van der Waals surface area (Å²) in [6.45, 7) is 17.0. The highest BCUT2D eigenvalue weighted by atomic mass is 16.6. The summed E-state index contributed by atoms with van der Waals surface area (Å²) in [5.41, 5.74) is 13.2. The molecule has 17 rings (SSSR count). The van der Waals surface area contributed by atoms with Crippen LogP contribution in [0.3, 0.4) is 0 Å². The fourth-order valence-corrected chi connectivity index (χ4v) is 17.4. The summed E-state index contributed by atoms with van der Waals surface area (Å²) in [6.07, 6.45) is 1.74. The smallest absolute Gasteiger partial charge is 0.415 e. The molecule has 0 spiro atoms. The average Bonchev–Trinajstić information content (AvgIpc) is 1.66. The Balaban J connectivity index is 0.000000152. The zero-order valence-electron chi connectivity index (χ0n) is 81.3. The molecule has 4 aliphatic heterocycles. The van der Waals surface area contributed by atoms with Crippen LogP contribution in [0, 0.1) is 51.4 Å². The number of para-hydroxylation sites is 1. The zero-order chi connectivity index (χ0) is 102. The van der Waals surface area contributed by atoms with Crippen LogP contribution in [0.1, 0.15) is 95.3 Å². The van der Waals surface area contributed by atoms with Crippen molar-refractivity contribution < 1.29 is 114 Å². The predicted molar refractivity (Wildman–Crippen MR) is 533 cm³/mol. The highest BCUT2D eigenvalue weighted by Gasteiger charge is 2.43. The van der Waals surface area contributed by atoms with Gasteiger partial charge in [-0.25, -0.2) is 43.9 Å². The third-order valence-electron chi connectivity index (χ3n) is 24.6. The van der Waals surface area contributed by atoms with Crippen LogP contribution in [0.25, 0.3) is 51.4 Å². The first-order chi connectivity index (χ1) is 69.8. The van der Waals surface area contributed by atoms with E-state index in [0.717, 1.165) is 95.9 Å². The van der Waals surface area contributed by atoms with Crippen LogP contribution in [0.5, 0.6) is 28.7 Å². The Bertz CT molecular complexity index is 6600. The molecule has 8 heterocycles. The molecule has 4 aromatic heterocycles. The second-order valence-electron chi connectivity index (χ2n) is 34.7. The fraction of sp³-hybridized carbons (Fsp3) is 0.304. The number of carbonyl (C=O) groups is 8. The van der Waals surface area contributed by atoms with Crippen LogP contribution in [-0.4, -0.2) is 207 Å². The van der Waals surface area contributed by atoms with E-state index in [1.54, 1.807) is 45.0 Å². The van der Waals surface area contributed by atoms with Crippen molar-refractivity contribution in [3.8, 4) is 74.6 Å². The summed E-state index contributed by atoms with van der Waals surface area (Å²) in [7, 11) is 0. The molecule has 9 aromatic carbocycles. The molecule has 2 saturated heterocycles. The van der Waals surface area contributed by atoms with Crippen LogP contribution in [0.2, 0.25) is 0 Å². The van der Waals surface area contributed by atoms with E-state index in [1.807, 2.05) is 252 Å². The lowest BCUT2D eigenvalue weighted by molar-refractivity contribution is -0.143. The number of carboxylic acids is 4. The lowest BCUT2D eigenvalue weighted by Crippen LogP contribution is -2.32. The zero-order valence-corrected chi connectivity index (χ0v) is 81.3. The lowest BCUT2D eigenvalue weighted by Gasteiger charge is -2.16. The monoisotopic (exact) mass is 1960 g/mol. The molecule has 2 fully saturated rings. The number of oxazole rings is 4. The minimum absolute atomic E-state index is 0.0434. The van der Waals surface area contributed by atoms with Gasteiger partial charge in [0.05, 0.1) is 99.4 Å². The van der Waals surface area contributed by atoms with E-state index in [4.69, 9.17) is 55.6 Å². The minimum Gasteiger partial charge on any atom is -0.493 e. The number of carbonyl (C=O) groups excluding carboxylic acids is 4. The number of ether oxygens (including phenoxy) is 8. The second-order valence-corrected chi connectivity index (χ2v) is 34.7. The molecule has 144 heavy (non-hydrogen) atoms. The normalized spacial score (nSPS) is 15.2. The first-order valence-corrected chi connectivity index (χ1v) is 47.8. The molecule has 0 unspecified atom stereocenters. The largest absolute Gasteiger partial charge is 0.493 e. The summed E-state index contributed by atoms with van der Waals surface area (Å²) < 4.78 is 67.8. The number of likely N-dealkylation sites (tertiary alicyclic amines) is 2. The number of hydrogen-bond acceptors (Lipinski definition) is 24. The van der Waals surface area contributed by atoms with Gasteiger partial charge in [0.2, 0.25) is 23.6 Å². The Morgan fingerprint density at radius 1 is 0.340 bits per heavy atom. The highest BCUT2D eigenvalue weighted by Crippen LogP contribution is 2.37. The summed E-state index contributed by atoms with van der Waals surface area (Å²) in [4.78, 5) is 120. The van der Waals surface area contributed by atoms with Crippen molar-refractivity contribution in [2.75, 3.05) is 98.6 Å². The van der Waals surface area contributed by atoms with Crippen molar-refractivity contribution in [3.05, 3.63) is 334 Å². The van der Waals surface area contributed by atoms with Crippen molar-refractivity contribution >= 4 is 53.8 Å². The Hall–Kier alpha value is -16.5. The molecule has 748 valence electrons. The van der Waals surface area contributed by atoms with Gasteiger partial charge in [-0.05, 0) is 228 Å². The number of nitrogens with zero attached hydrogens (tertiary/aromatic N) is 8. The SMILES string of the molecule is CCOC(=O)N1CC(CC(=O)O)=C(c2cccc(OCCc3nc(-c4ccccc4)oc3C)c2)C1.CCOC(=O)N1CC(Cc2cccc(OCCc3nc(-c4ccccc4)oc3C)c2)=C(C(=O)O)C1.CCOC(=O)N1C[C@@H](Cc2cccc(OCCc3nc(-c4ccccc4)oc3C)c2)[C@@H](C(=O)O)C1.Cc1oc(-c2ccccc2)nc1CCOc1cccc(C[C@@H]2CN(C(=O)Oc3ccccc3)C[C@@H]2C(=O)O)c1. The molecule has 4 N–H and O–H groups in total. The van der Waals surface area contributed by atoms with Crippen LogP contribution in [0.15, 0.2) is 283 Å². The van der Waals surface area contributed by atoms with E-state index in [-0.39, 0.29) is 76.4 Å². The summed E-state index contributed by atoms with van der Waals surface area (Å²) >= 11 is 0. The molecule has 32 heteroatoms. The van der Waals surface area contributed by atoms with Crippen molar-refractivity contribution in [1.29, 1.82) is 0 Å². The number of amides is 4. The van der Waals surface area contributed by atoms with Gasteiger partial charge in [0.15, 0.2) is 0 Å². The highest BCUT2D eigenvalue weighted by molar-refractivity contribution is 5.90. The maximum atomic E-state index is 12.7. The molecule has 0 aliphatic carbocycles. The number of carboxylic acid groups (broad SMARTS) is 4. The molecule has 32 nitrogen and oxygen atoms in total. The summed E-state index contributed by atoms with van der Waals surface area (Å²) in [5.74, 6) is 3.11. The molecule has 0 saturated carbocycles. The van der Waals surface area contributed by atoms with E-state index in [2.05, 4.69) is 19.9 Å². The predicted octanol–water partition coefficient (Wildman–Crippen LogP) is 19.9. The van der Waals surface area contributed by atoms with Gasteiger partial charge in [-0.1, -0.05) is 140 Å². The third kappa shape index (κ3) is 28.6. The quantitative estimate of drug-likeness (QED) is 0.0265. The Kier molecular flexibility index (Phi) is 36.3. The Morgan fingerprint density at radius 2 is 0.660 bits per heavy atom. The number of aromatic nitrogens is 4. The summed E-state index contributed by atoms with van der Waals surface area (Å²) in [5, 5.41) is 38.4. The number of rotatable bonds is 36. The molecule has 13 aromatic rings. The maximum Gasteiger partial charge on any atom is 0.415 e. The Labute approximate surface area is 833 Å². The van der Waals surface area contributed by atoms with Crippen molar-refractivity contribution in [2.24, 2.45) is 23.7 Å². The van der Waals surface area contributed by atoms with Gasteiger partial charge in [0, 0.05) is 93.8 Å². The van der Waals surface area contributed by atoms with Crippen LogP contribution in [0.4, 0.5) is 19.2 Å². The average molecular weight is 1960 g/mol. The standard InChI is InChI=1S/C31H30N2O6.C27H30N2O6.2C27H28N2O6/c1-21-28(32-29(38-21)23-10-4-2-5-11-23)15-16-37-26-14-8-9-22(18-26)17-24-19-33(20-27(24)30(34)35)31(36)39-25-12-6-3-7-13-25;2*1-3-33-27(32)29-16-21(23(17-29)26(30)31)14-19-8-7-11-22(15-19)34-13-12-24-18(2)35-25(28-24)20-9-5-4-6-10-20;1-3-33-27(32)29-16-21(15-25(30)31)23(17-29)20-10-7-11-22(14-20)34-13-12-24-18(2)35-26(28-24)19-8-5-4-6-9-19/h2-14,18,24,27H,15-17,19-20H2,1H3,(H,34,35);4-11,15,21,23H,3,12-14,16-17H2,1-2H3,(H,30,31);4-11,15H,3,12-14,16-17H2,1-2H3,(H,30,31);4-11,14H,3,12-13,15-17H2,1-2H3,(H,30,31)/t24-,27+;21-,23+;;/m11../s1. The first kappa shape index (κ1) is 103. The van der Waals surface area contributed by atoms with Gasteiger partial charge >= 0.3 is 48.3 Å². The second kappa shape index (κ2) is 50.5. The van der Waals surface area contributed by atoms with Crippen LogP contribution in [-0.2, 0) is 78.3 Å². The maximum absolute atomic E-state index is 12.7. The number of hydrogen-bond donors (Lipinski definition) is 4. The van der Waals surface area contributed by atoms with Gasteiger partial charge in [-0.15, -0.1) is 0 Å². The third-order valence-corrected chi connectivity index (χ3v) is 24.6. The number of aryl methyl sites for hydroxylation is 4. The molecule has 4 atom stereocenters. The Morgan fingerprint density at radius 3 is 1.03 bits per heavy atom. The van der Waals surface area contributed by atoms with Gasteiger partial charge in [-0.3, -0.25) is 24.2 Å². The van der Waals surface area contributed by atoms with E-state index in [0.29, 0.717) is 154 Å². The van der Waals surface area contributed by atoms with Gasteiger partial charge < -0.3 is 85.8 Å². The van der Waals surface area contributed by atoms with Gasteiger partial charge in [0.25, 0.3) is 0 Å². The number of aliphatic carboxylic acids is 4. The van der Waals surface area contributed by atoms with E-state index < -0.39 is 60.1 Å². The fourth-order valence-electron chi connectivity index (χ4n) is 17.4. The molecule has 4 amide bonds. The first-order valence-electron chi connectivity index (χ1n) is 47.8. The van der Waals surface area contributed by atoms with Crippen molar-refractivity contribution in [1.82, 2.24) is 39.5 Å². The van der Waals surface area contributed by atoms with E-state index in [1.165, 1.54) is 19.6 Å².